The first-order chi connectivity index (χ1) is 5.65. The smallest absolute Gasteiger partial charge is 0.481 e. The molecule has 0 atom stereocenters. The summed E-state index contributed by atoms with van der Waals surface area (Å²) in [5.74, 6) is 0.348. The minimum Gasteiger partial charge on any atom is -0.481 e. The summed E-state index contributed by atoms with van der Waals surface area (Å²) in [5, 5.41) is 17.7. The maximum absolute atomic E-state index is 8.87. The van der Waals surface area contributed by atoms with Crippen LogP contribution in [-0.4, -0.2) is 29.3 Å². The lowest BCUT2D eigenvalue weighted by atomic mass is 9.81. The highest BCUT2D eigenvalue weighted by Gasteiger charge is 2.15. The normalized spacial score (nSPS) is 9.67. The first-order valence-corrected chi connectivity index (χ1v) is 4.00. The first kappa shape index (κ1) is 9.50. The van der Waals surface area contributed by atoms with Gasteiger partial charge in [0.1, 0.15) is 0 Å². The molecule has 0 aromatic carbocycles. The molecular formula is C6H7BBrNO3. The Hall–Kier alpha value is -0.585. The molecule has 0 spiro atoms. The van der Waals surface area contributed by atoms with Gasteiger partial charge in [-0.05, 0) is 15.9 Å². The number of hydrogen-bond acceptors (Lipinski definition) is 4. The fraction of sp³-hybridized carbons (Fsp3) is 0.167. The number of halogens is 1. The third-order valence-electron chi connectivity index (χ3n) is 1.35. The maximum atomic E-state index is 8.87. The van der Waals surface area contributed by atoms with E-state index in [1.54, 1.807) is 0 Å². The Morgan fingerprint density at radius 1 is 1.58 bits per heavy atom. The molecule has 1 aromatic heterocycles. The number of hydrogen-bond donors (Lipinski definition) is 2. The molecule has 0 aliphatic rings. The van der Waals surface area contributed by atoms with Crippen molar-refractivity contribution in [2.75, 3.05) is 7.11 Å². The average Bonchev–Trinajstić information content (AvgIpc) is 2.05. The third-order valence-corrected chi connectivity index (χ3v) is 2.01. The monoisotopic (exact) mass is 231 g/mol. The zero-order chi connectivity index (χ0) is 9.14. The molecule has 12 heavy (non-hydrogen) atoms. The second-order valence-corrected chi connectivity index (χ2v) is 2.98. The average molecular weight is 232 g/mol. The highest BCUT2D eigenvalue weighted by Crippen LogP contribution is 2.10. The third kappa shape index (κ3) is 1.97. The predicted molar refractivity (Wildman–Crippen MR) is 48.3 cm³/mol. The van der Waals surface area contributed by atoms with E-state index in [1.165, 1.54) is 19.4 Å². The van der Waals surface area contributed by atoms with Crippen LogP contribution >= 0.6 is 15.9 Å². The lowest BCUT2D eigenvalue weighted by molar-refractivity contribution is 0.396. The molecule has 1 rings (SSSR count). The molecule has 0 aliphatic carbocycles. The van der Waals surface area contributed by atoms with Gasteiger partial charge in [0, 0.05) is 22.2 Å². The van der Waals surface area contributed by atoms with Crippen molar-refractivity contribution in [3.05, 3.63) is 16.7 Å². The summed E-state index contributed by atoms with van der Waals surface area (Å²) in [6, 6.07) is 1.45. The summed E-state index contributed by atoms with van der Waals surface area (Å²) in [6.45, 7) is 0. The molecule has 0 saturated carbocycles. The maximum Gasteiger partial charge on any atom is 0.489 e. The summed E-state index contributed by atoms with van der Waals surface area (Å²) in [6.07, 6.45) is 1.45. The van der Waals surface area contributed by atoms with E-state index in [1.807, 2.05) is 0 Å². The Kier molecular flexibility index (Phi) is 3.08. The lowest BCUT2D eigenvalue weighted by Gasteiger charge is -2.04. The van der Waals surface area contributed by atoms with Crippen LogP contribution in [0, 0.1) is 0 Å². The van der Waals surface area contributed by atoms with Crippen molar-refractivity contribution in [1.29, 1.82) is 0 Å². The van der Waals surface area contributed by atoms with E-state index in [9.17, 15) is 0 Å². The molecule has 0 amide bonds. The molecule has 64 valence electrons. The Bertz CT molecular complexity index is 281. The van der Waals surface area contributed by atoms with Gasteiger partial charge in [0.2, 0.25) is 5.88 Å². The summed E-state index contributed by atoms with van der Waals surface area (Å²) in [5.41, 5.74) is 0.335. The van der Waals surface area contributed by atoms with Crippen LogP contribution in [-0.2, 0) is 0 Å². The van der Waals surface area contributed by atoms with E-state index >= 15 is 0 Å². The SMILES string of the molecule is COc1cc(B(O)O)c(Br)cn1. The van der Waals surface area contributed by atoms with Crippen molar-refractivity contribution >= 4 is 28.5 Å². The van der Waals surface area contributed by atoms with Crippen molar-refractivity contribution in [2.24, 2.45) is 0 Å². The van der Waals surface area contributed by atoms with Crippen molar-refractivity contribution in [2.45, 2.75) is 0 Å². The molecule has 0 fully saturated rings. The Morgan fingerprint density at radius 2 is 2.25 bits per heavy atom. The Labute approximate surface area is 78.5 Å². The minimum atomic E-state index is -1.52. The van der Waals surface area contributed by atoms with Crippen LogP contribution in [0.3, 0.4) is 0 Å². The zero-order valence-electron chi connectivity index (χ0n) is 6.36. The van der Waals surface area contributed by atoms with Crippen molar-refractivity contribution in [3.63, 3.8) is 0 Å². The van der Waals surface area contributed by atoms with Gasteiger partial charge in [-0.3, -0.25) is 0 Å². The summed E-state index contributed by atoms with van der Waals surface area (Å²) >= 11 is 3.12. The van der Waals surface area contributed by atoms with Crippen molar-refractivity contribution in [1.82, 2.24) is 4.98 Å². The Balaban J connectivity index is 3.08. The Morgan fingerprint density at radius 3 is 2.75 bits per heavy atom. The summed E-state index contributed by atoms with van der Waals surface area (Å²) in [7, 11) is -0.0553. The van der Waals surface area contributed by atoms with E-state index < -0.39 is 7.12 Å². The second kappa shape index (κ2) is 3.89. The number of rotatable bonds is 2. The van der Waals surface area contributed by atoms with Crippen LogP contribution in [0.25, 0.3) is 0 Å². The molecule has 1 heterocycles. The van der Waals surface area contributed by atoms with Gasteiger partial charge in [-0.1, -0.05) is 0 Å². The molecule has 0 unspecified atom stereocenters. The fourth-order valence-electron chi connectivity index (χ4n) is 0.744. The fourth-order valence-corrected chi connectivity index (χ4v) is 1.17. The van der Waals surface area contributed by atoms with Crippen molar-refractivity contribution in [3.8, 4) is 5.88 Å². The van der Waals surface area contributed by atoms with E-state index in [4.69, 9.17) is 14.8 Å². The van der Waals surface area contributed by atoms with Crippen LogP contribution in [0.4, 0.5) is 0 Å². The molecule has 4 nitrogen and oxygen atoms in total. The largest absolute Gasteiger partial charge is 0.489 e. The van der Waals surface area contributed by atoms with Gasteiger partial charge in [-0.15, -0.1) is 0 Å². The predicted octanol–water partition coefficient (Wildman–Crippen LogP) is -0.468. The molecule has 6 heteroatoms. The van der Waals surface area contributed by atoms with E-state index in [0.717, 1.165) is 0 Å². The second-order valence-electron chi connectivity index (χ2n) is 2.12. The molecule has 0 radical (unpaired) electrons. The number of ether oxygens (including phenoxy) is 1. The van der Waals surface area contributed by atoms with Gasteiger partial charge in [0.25, 0.3) is 0 Å². The standard InChI is InChI=1S/C6H7BBrNO3/c1-12-6-2-4(7(10)11)5(8)3-9-6/h2-3,10-11H,1H3. The molecule has 1 aromatic rings. The number of nitrogens with zero attached hydrogens (tertiary/aromatic N) is 1. The van der Waals surface area contributed by atoms with Crippen LogP contribution in [0.1, 0.15) is 0 Å². The number of aromatic nitrogens is 1. The van der Waals surface area contributed by atoms with Gasteiger partial charge in [-0.25, -0.2) is 4.98 Å². The van der Waals surface area contributed by atoms with Gasteiger partial charge < -0.3 is 14.8 Å². The van der Waals surface area contributed by atoms with Gasteiger partial charge in [0.15, 0.2) is 0 Å². The highest BCUT2D eigenvalue weighted by molar-refractivity contribution is 9.10. The van der Waals surface area contributed by atoms with Crippen molar-refractivity contribution < 1.29 is 14.8 Å². The quantitative estimate of drug-likeness (QED) is 0.676. The van der Waals surface area contributed by atoms with E-state index in [2.05, 4.69) is 20.9 Å². The molecular weight excluding hydrogens is 225 g/mol. The highest BCUT2D eigenvalue weighted by atomic mass is 79.9. The topological polar surface area (TPSA) is 62.6 Å². The van der Waals surface area contributed by atoms with Crippen LogP contribution < -0.4 is 10.2 Å². The van der Waals surface area contributed by atoms with Crippen LogP contribution in [0.15, 0.2) is 16.7 Å². The van der Waals surface area contributed by atoms with E-state index in [-0.39, 0.29) is 0 Å². The molecule has 0 saturated heterocycles. The summed E-state index contributed by atoms with van der Waals surface area (Å²) in [4.78, 5) is 3.85. The molecule has 2 N–H and O–H groups in total. The lowest BCUT2D eigenvalue weighted by Crippen LogP contribution is -2.31. The summed E-state index contributed by atoms with van der Waals surface area (Å²) < 4.78 is 5.35. The van der Waals surface area contributed by atoms with Gasteiger partial charge in [-0.2, -0.15) is 0 Å². The van der Waals surface area contributed by atoms with Crippen LogP contribution in [0.2, 0.25) is 0 Å². The van der Waals surface area contributed by atoms with Gasteiger partial charge in [0.05, 0.1) is 7.11 Å². The number of methoxy groups -OCH3 is 1. The zero-order valence-corrected chi connectivity index (χ0v) is 7.95. The first-order valence-electron chi connectivity index (χ1n) is 3.20. The number of pyridine rings is 1. The minimum absolute atomic E-state index is 0.335. The molecule has 0 bridgehead atoms. The molecule has 0 aliphatic heterocycles. The van der Waals surface area contributed by atoms with Gasteiger partial charge >= 0.3 is 7.12 Å². The van der Waals surface area contributed by atoms with Crippen LogP contribution in [0.5, 0.6) is 5.88 Å². The van der Waals surface area contributed by atoms with E-state index in [0.29, 0.717) is 15.8 Å².